The molecule has 17 heavy (non-hydrogen) atoms. The summed E-state index contributed by atoms with van der Waals surface area (Å²) in [6.07, 6.45) is 2.33. The Hall–Kier alpha value is -0.610. The Morgan fingerprint density at radius 1 is 1.29 bits per heavy atom. The molecule has 2 aliphatic heterocycles. The van der Waals surface area contributed by atoms with Crippen molar-refractivity contribution in [2.45, 2.75) is 32.7 Å². The fraction of sp³-hybridized carbons (Fsp3) is 0.923. The molecule has 4 heteroatoms. The van der Waals surface area contributed by atoms with Gasteiger partial charge in [-0.15, -0.1) is 0 Å². The van der Waals surface area contributed by atoms with E-state index < -0.39 is 0 Å². The van der Waals surface area contributed by atoms with Gasteiger partial charge in [0, 0.05) is 26.2 Å². The molecule has 98 valence electrons. The summed E-state index contributed by atoms with van der Waals surface area (Å²) in [6, 6.07) is 0.0766. The molecule has 1 amide bonds. The van der Waals surface area contributed by atoms with Gasteiger partial charge in [-0.3, -0.25) is 9.69 Å². The van der Waals surface area contributed by atoms with Crippen LogP contribution in [0.25, 0.3) is 0 Å². The van der Waals surface area contributed by atoms with Crippen LogP contribution in [0.1, 0.15) is 26.7 Å². The van der Waals surface area contributed by atoms with Crippen LogP contribution in [0, 0.1) is 5.92 Å². The van der Waals surface area contributed by atoms with Crippen molar-refractivity contribution in [2.75, 3.05) is 39.3 Å². The highest BCUT2D eigenvalue weighted by molar-refractivity contribution is 5.82. The van der Waals surface area contributed by atoms with Gasteiger partial charge in [-0.1, -0.05) is 13.8 Å². The van der Waals surface area contributed by atoms with Crippen molar-refractivity contribution in [2.24, 2.45) is 5.92 Å². The van der Waals surface area contributed by atoms with Crippen LogP contribution in [0.2, 0.25) is 0 Å². The van der Waals surface area contributed by atoms with E-state index in [2.05, 4.69) is 24.1 Å². The smallest absolute Gasteiger partial charge is 0.240 e. The van der Waals surface area contributed by atoms with E-state index >= 15 is 0 Å². The van der Waals surface area contributed by atoms with Crippen molar-refractivity contribution >= 4 is 5.91 Å². The lowest BCUT2D eigenvalue weighted by Gasteiger charge is -2.36. The van der Waals surface area contributed by atoms with Gasteiger partial charge in [-0.25, -0.2) is 0 Å². The number of carbonyl (C=O) groups is 1. The summed E-state index contributed by atoms with van der Waals surface area (Å²) in [7, 11) is 0. The molecule has 2 fully saturated rings. The molecular formula is C13H25N3O. The highest BCUT2D eigenvalue weighted by Gasteiger charge is 2.33. The van der Waals surface area contributed by atoms with Crippen molar-refractivity contribution < 1.29 is 4.79 Å². The third kappa shape index (κ3) is 2.99. The Balaban J connectivity index is 1.82. The fourth-order valence-electron chi connectivity index (χ4n) is 2.87. The third-order valence-corrected chi connectivity index (χ3v) is 4.02. The van der Waals surface area contributed by atoms with Gasteiger partial charge in [-0.2, -0.15) is 0 Å². The molecule has 0 radical (unpaired) electrons. The highest BCUT2D eigenvalue weighted by atomic mass is 16.2. The van der Waals surface area contributed by atoms with E-state index in [9.17, 15) is 4.79 Å². The van der Waals surface area contributed by atoms with Crippen molar-refractivity contribution in [1.29, 1.82) is 0 Å². The molecule has 2 saturated heterocycles. The van der Waals surface area contributed by atoms with Gasteiger partial charge >= 0.3 is 0 Å². The lowest BCUT2D eigenvalue weighted by molar-refractivity contribution is -0.135. The van der Waals surface area contributed by atoms with E-state index in [1.54, 1.807) is 0 Å². The summed E-state index contributed by atoms with van der Waals surface area (Å²) in [5, 5.41) is 3.33. The summed E-state index contributed by atoms with van der Waals surface area (Å²) in [5.41, 5.74) is 0. The molecular weight excluding hydrogens is 214 g/mol. The second kappa shape index (κ2) is 5.83. The van der Waals surface area contributed by atoms with Crippen LogP contribution < -0.4 is 5.32 Å². The largest absolute Gasteiger partial charge is 0.339 e. The van der Waals surface area contributed by atoms with E-state index in [0.29, 0.717) is 11.8 Å². The Labute approximate surface area is 104 Å². The minimum absolute atomic E-state index is 0.0766. The van der Waals surface area contributed by atoms with Crippen molar-refractivity contribution in [3.8, 4) is 0 Å². The molecule has 4 nitrogen and oxygen atoms in total. The maximum Gasteiger partial charge on any atom is 0.240 e. The maximum atomic E-state index is 12.3. The van der Waals surface area contributed by atoms with E-state index in [1.165, 1.54) is 13.0 Å². The molecule has 0 aromatic rings. The average molecular weight is 239 g/mol. The van der Waals surface area contributed by atoms with Crippen LogP contribution in [-0.2, 0) is 4.79 Å². The van der Waals surface area contributed by atoms with Crippen molar-refractivity contribution in [3.63, 3.8) is 0 Å². The van der Waals surface area contributed by atoms with Crippen molar-refractivity contribution in [1.82, 2.24) is 15.1 Å². The first-order valence-corrected chi connectivity index (χ1v) is 6.97. The Morgan fingerprint density at radius 3 is 2.53 bits per heavy atom. The predicted molar refractivity (Wildman–Crippen MR) is 68.9 cm³/mol. The number of hydrogen-bond acceptors (Lipinski definition) is 3. The molecule has 2 heterocycles. The molecule has 0 aliphatic carbocycles. The van der Waals surface area contributed by atoms with Gasteiger partial charge in [0.1, 0.15) is 0 Å². The molecule has 2 aliphatic rings. The van der Waals surface area contributed by atoms with Crippen LogP contribution in [0.4, 0.5) is 0 Å². The van der Waals surface area contributed by atoms with Crippen LogP contribution in [-0.4, -0.2) is 61.0 Å². The van der Waals surface area contributed by atoms with Gasteiger partial charge in [0.15, 0.2) is 0 Å². The number of rotatable bonds is 3. The SMILES string of the molecule is CCCN1CCN(C(=O)C2NCCC2C)CC1. The topological polar surface area (TPSA) is 35.6 Å². The standard InChI is InChI=1S/C13H25N3O/c1-3-6-15-7-9-16(10-8-15)13(17)12-11(2)4-5-14-12/h11-12,14H,3-10H2,1-2H3. The number of amides is 1. The van der Waals surface area contributed by atoms with Crippen molar-refractivity contribution in [3.05, 3.63) is 0 Å². The van der Waals surface area contributed by atoms with E-state index in [1.807, 2.05) is 4.90 Å². The van der Waals surface area contributed by atoms with E-state index in [0.717, 1.165) is 39.1 Å². The number of piperazine rings is 1. The van der Waals surface area contributed by atoms with Gasteiger partial charge in [0.2, 0.25) is 5.91 Å². The summed E-state index contributed by atoms with van der Waals surface area (Å²) >= 11 is 0. The van der Waals surface area contributed by atoms with Gasteiger partial charge in [0.05, 0.1) is 6.04 Å². The molecule has 2 rings (SSSR count). The quantitative estimate of drug-likeness (QED) is 0.781. The first kappa shape index (κ1) is 12.8. The molecule has 0 spiro atoms. The minimum Gasteiger partial charge on any atom is -0.339 e. The predicted octanol–water partition coefficient (Wildman–Crippen LogP) is 0.539. The average Bonchev–Trinajstić information content (AvgIpc) is 2.76. The Kier molecular flexibility index (Phi) is 4.40. The highest BCUT2D eigenvalue weighted by Crippen LogP contribution is 2.17. The summed E-state index contributed by atoms with van der Waals surface area (Å²) in [4.78, 5) is 16.8. The normalized spacial score (nSPS) is 30.8. The monoisotopic (exact) mass is 239 g/mol. The van der Waals surface area contributed by atoms with E-state index in [-0.39, 0.29) is 6.04 Å². The lowest BCUT2D eigenvalue weighted by Crippen LogP contribution is -2.54. The van der Waals surface area contributed by atoms with Crippen LogP contribution in [0.5, 0.6) is 0 Å². The molecule has 0 saturated carbocycles. The van der Waals surface area contributed by atoms with Gasteiger partial charge in [-0.05, 0) is 31.8 Å². The molecule has 0 aromatic heterocycles. The zero-order valence-corrected chi connectivity index (χ0v) is 11.1. The molecule has 0 bridgehead atoms. The zero-order chi connectivity index (χ0) is 12.3. The summed E-state index contributed by atoms with van der Waals surface area (Å²) < 4.78 is 0. The van der Waals surface area contributed by atoms with Gasteiger partial charge < -0.3 is 10.2 Å². The van der Waals surface area contributed by atoms with Crippen LogP contribution in [0.15, 0.2) is 0 Å². The lowest BCUT2D eigenvalue weighted by atomic mass is 10.0. The second-order valence-corrected chi connectivity index (χ2v) is 5.36. The minimum atomic E-state index is 0.0766. The zero-order valence-electron chi connectivity index (χ0n) is 11.1. The summed E-state index contributed by atoms with van der Waals surface area (Å²) in [6.45, 7) is 10.4. The molecule has 2 atom stereocenters. The summed E-state index contributed by atoms with van der Waals surface area (Å²) in [5.74, 6) is 0.822. The Morgan fingerprint density at radius 2 is 2.00 bits per heavy atom. The third-order valence-electron chi connectivity index (χ3n) is 4.02. The first-order chi connectivity index (χ1) is 8.22. The maximum absolute atomic E-state index is 12.3. The second-order valence-electron chi connectivity index (χ2n) is 5.36. The van der Waals surface area contributed by atoms with Crippen LogP contribution >= 0.6 is 0 Å². The number of carbonyl (C=O) groups excluding carboxylic acids is 1. The molecule has 1 N–H and O–H groups in total. The number of hydrogen-bond donors (Lipinski definition) is 1. The van der Waals surface area contributed by atoms with Crippen LogP contribution in [0.3, 0.4) is 0 Å². The van der Waals surface area contributed by atoms with E-state index in [4.69, 9.17) is 0 Å². The molecule has 0 aromatic carbocycles. The first-order valence-electron chi connectivity index (χ1n) is 6.97. The molecule has 2 unspecified atom stereocenters. The fourth-order valence-corrected chi connectivity index (χ4v) is 2.87. The Bertz CT molecular complexity index is 261. The number of nitrogens with zero attached hydrogens (tertiary/aromatic N) is 2. The number of nitrogens with one attached hydrogen (secondary N) is 1. The van der Waals surface area contributed by atoms with Gasteiger partial charge in [0.25, 0.3) is 0 Å².